The van der Waals surface area contributed by atoms with Crippen molar-refractivity contribution >= 4 is 46.4 Å². The van der Waals surface area contributed by atoms with Crippen LogP contribution in [0.3, 0.4) is 0 Å². The van der Waals surface area contributed by atoms with Crippen LogP contribution >= 0.6 is 23.2 Å². The number of hydrogen-bond acceptors (Lipinski definition) is 3. The number of carbonyl (C=O) groups is 2. The number of anilines is 2. The molecule has 1 N–H and O–H groups in total. The van der Waals surface area contributed by atoms with Crippen LogP contribution in [0.15, 0.2) is 36.4 Å². The number of nitrogens with zero attached hydrogens (tertiary/aromatic N) is 2. The van der Waals surface area contributed by atoms with Crippen molar-refractivity contribution in [2.75, 3.05) is 30.4 Å². The van der Waals surface area contributed by atoms with Crippen LogP contribution in [0.25, 0.3) is 0 Å². The van der Waals surface area contributed by atoms with E-state index in [1.54, 1.807) is 31.0 Å². The van der Waals surface area contributed by atoms with E-state index in [1.165, 1.54) is 29.2 Å². The summed E-state index contributed by atoms with van der Waals surface area (Å²) in [7, 11) is 1.63. The Morgan fingerprint density at radius 1 is 1.12 bits per heavy atom. The predicted molar refractivity (Wildman–Crippen MR) is 128 cm³/mol. The van der Waals surface area contributed by atoms with E-state index < -0.39 is 22.6 Å². The molecule has 5 rings (SSSR count). The number of allylic oxidation sites excluding steroid dienone is 1. The van der Waals surface area contributed by atoms with Gasteiger partial charge in [0.1, 0.15) is 11.6 Å². The highest BCUT2D eigenvalue weighted by molar-refractivity contribution is 6.42. The number of halogens is 4. The summed E-state index contributed by atoms with van der Waals surface area (Å²) in [5.41, 5.74) is -0.496. The predicted octanol–water partition coefficient (Wildman–Crippen LogP) is 5.40. The van der Waals surface area contributed by atoms with E-state index in [0.717, 1.165) is 0 Å². The molecule has 2 amide bonds. The molecule has 2 fully saturated rings. The summed E-state index contributed by atoms with van der Waals surface area (Å²) in [5, 5.41) is 3.50. The van der Waals surface area contributed by atoms with Crippen LogP contribution in [0, 0.1) is 11.6 Å². The number of benzene rings is 2. The molecule has 0 unspecified atom stereocenters. The van der Waals surface area contributed by atoms with Crippen molar-refractivity contribution in [3.63, 3.8) is 0 Å². The molecule has 0 bridgehead atoms. The first-order valence-corrected chi connectivity index (χ1v) is 11.8. The van der Waals surface area contributed by atoms with Gasteiger partial charge in [-0.15, -0.1) is 0 Å². The third kappa shape index (κ3) is 3.32. The molecule has 2 aromatic rings. The van der Waals surface area contributed by atoms with E-state index in [0.29, 0.717) is 42.7 Å². The Bertz CT molecular complexity index is 1260. The quantitative estimate of drug-likeness (QED) is 0.447. The minimum absolute atomic E-state index is 0.0420. The standard InChI is InChI=1S/C25H23Cl2F2N3O2/c1-3-4-19(33)32-10-9-25(13-32,21-16(28)6-5-15(26)22(21)27)30-14-11-17(29)20-18(12-14)31(2)23(34)24(20)7-8-24/h3-6,11-12,30H,7-10,13H2,1-2H3/b4-3+/t25-/m1/s1. The second kappa shape index (κ2) is 7.95. The smallest absolute Gasteiger partial charge is 0.246 e. The zero-order valence-electron chi connectivity index (χ0n) is 18.7. The van der Waals surface area contributed by atoms with E-state index in [9.17, 15) is 9.59 Å². The monoisotopic (exact) mass is 505 g/mol. The highest BCUT2D eigenvalue weighted by Crippen LogP contribution is 2.58. The lowest BCUT2D eigenvalue weighted by Gasteiger charge is -2.34. The van der Waals surface area contributed by atoms with Crippen LogP contribution in [-0.4, -0.2) is 36.9 Å². The van der Waals surface area contributed by atoms with Gasteiger partial charge in [0.05, 0.1) is 26.7 Å². The molecule has 9 heteroatoms. The lowest BCUT2D eigenvalue weighted by molar-refractivity contribution is -0.125. The Morgan fingerprint density at radius 3 is 2.53 bits per heavy atom. The van der Waals surface area contributed by atoms with Crippen molar-refractivity contribution in [2.24, 2.45) is 0 Å². The third-order valence-electron chi connectivity index (χ3n) is 7.17. The summed E-state index contributed by atoms with van der Waals surface area (Å²) in [6.45, 7) is 2.18. The minimum atomic E-state index is -1.15. The summed E-state index contributed by atoms with van der Waals surface area (Å²) >= 11 is 12.7. The number of fused-ring (bicyclic) bond motifs is 2. The summed E-state index contributed by atoms with van der Waals surface area (Å²) < 4.78 is 30.5. The minimum Gasteiger partial charge on any atom is -0.373 e. The lowest BCUT2D eigenvalue weighted by Crippen LogP contribution is -2.41. The second-order valence-electron chi connectivity index (χ2n) is 9.23. The molecular formula is C25H23Cl2F2N3O2. The molecule has 1 atom stereocenters. The zero-order valence-corrected chi connectivity index (χ0v) is 20.2. The fraction of sp³-hybridized carbons (Fsp3) is 0.360. The molecule has 2 aliphatic heterocycles. The Morgan fingerprint density at radius 2 is 1.85 bits per heavy atom. The number of hydrogen-bond donors (Lipinski definition) is 1. The number of carbonyl (C=O) groups excluding carboxylic acids is 2. The Hall–Kier alpha value is -2.64. The summed E-state index contributed by atoms with van der Waals surface area (Å²) in [6, 6.07) is 5.65. The van der Waals surface area contributed by atoms with Crippen molar-refractivity contribution in [3.05, 3.63) is 69.2 Å². The Kier molecular flexibility index (Phi) is 5.41. The van der Waals surface area contributed by atoms with Gasteiger partial charge in [0.15, 0.2) is 0 Å². The van der Waals surface area contributed by atoms with Crippen LogP contribution in [0.2, 0.25) is 10.0 Å². The van der Waals surface area contributed by atoms with E-state index in [2.05, 4.69) is 5.32 Å². The molecule has 3 aliphatic rings. The van der Waals surface area contributed by atoms with Crippen LogP contribution < -0.4 is 10.2 Å². The van der Waals surface area contributed by atoms with Crippen LogP contribution in [0.5, 0.6) is 0 Å². The molecule has 5 nitrogen and oxygen atoms in total. The van der Waals surface area contributed by atoms with Crippen LogP contribution in [0.4, 0.5) is 20.2 Å². The maximum absolute atomic E-state index is 15.3. The third-order valence-corrected chi connectivity index (χ3v) is 7.97. The first-order valence-electron chi connectivity index (χ1n) is 11.1. The summed E-state index contributed by atoms with van der Waals surface area (Å²) in [5.74, 6) is -1.39. The number of likely N-dealkylation sites (tertiary alicyclic amines) is 1. The van der Waals surface area contributed by atoms with Gasteiger partial charge in [-0.3, -0.25) is 9.59 Å². The number of nitrogens with one attached hydrogen (secondary N) is 1. The van der Waals surface area contributed by atoms with Crippen LogP contribution in [0.1, 0.15) is 37.3 Å². The van der Waals surface area contributed by atoms with E-state index in [1.807, 2.05) is 0 Å². The molecule has 0 radical (unpaired) electrons. The van der Waals surface area contributed by atoms with Gasteiger partial charge in [-0.2, -0.15) is 0 Å². The van der Waals surface area contributed by atoms with Gasteiger partial charge < -0.3 is 15.1 Å². The van der Waals surface area contributed by atoms with Crippen molar-refractivity contribution in [1.82, 2.24) is 4.90 Å². The highest BCUT2D eigenvalue weighted by Gasteiger charge is 2.60. The molecule has 1 aliphatic carbocycles. The Labute approximate surface area is 206 Å². The molecule has 2 aromatic carbocycles. The summed E-state index contributed by atoms with van der Waals surface area (Å²) in [4.78, 5) is 28.4. The average Bonchev–Trinajstić information content (AvgIpc) is 3.43. The van der Waals surface area contributed by atoms with Crippen molar-refractivity contribution < 1.29 is 18.4 Å². The highest BCUT2D eigenvalue weighted by atomic mass is 35.5. The van der Waals surface area contributed by atoms with Gasteiger partial charge in [0.25, 0.3) is 0 Å². The van der Waals surface area contributed by atoms with E-state index in [4.69, 9.17) is 23.2 Å². The van der Waals surface area contributed by atoms with Gasteiger partial charge in [0.2, 0.25) is 11.8 Å². The van der Waals surface area contributed by atoms with Crippen molar-refractivity contribution in [1.29, 1.82) is 0 Å². The number of likely N-dealkylation sites (N-methyl/N-ethyl adjacent to an activating group) is 1. The van der Waals surface area contributed by atoms with Gasteiger partial charge in [-0.05, 0) is 56.5 Å². The first-order chi connectivity index (χ1) is 16.1. The maximum atomic E-state index is 15.3. The summed E-state index contributed by atoms with van der Waals surface area (Å²) in [6.07, 6.45) is 4.66. The molecule has 1 spiro atoms. The molecular weight excluding hydrogens is 483 g/mol. The molecule has 0 aromatic heterocycles. The van der Waals surface area contributed by atoms with E-state index >= 15 is 8.78 Å². The molecule has 1 saturated carbocycles. The molecule has 34 heavy (non-hydrogen) atoms. The number of amides is 2. The zero-order chi connectivity index (χ0) is 24.4. The molecule has 1 saturated heterocycles. The van der Waals surface area contributed by atoms with Gasteiger partial charge in [0, 0.05) is 37.0 Å². The first kappa shape index (κ1) is 23.1. The number of rotatable bonds is 4. The lowest BCUT2D eigenvalue weighted by atomic mass is 9.87. The Balaban J connectivity index is 1.60. The topological polar surface area (TPSA) is 52.7 Å². The second-order valence-corrected chi connectivity index (χ2v) is 10.0. The average molecular weight is 506 g/mol. The normalized spacial score (nSPS) is 22.7. The van der Waals surface area contributed by atoms with Crippen molar-refractivity contribution in [3.8, 4) is 0 Å². The fourth-order valence-electron chi connectivity index (χ4n) is 5.39. The molecule has 178 valence electrons. The molecule has 2 heterocycles. The SMILES string of the molecule is C/C=C/C(=O)N1CC[C@](Nc2cc(F)c3c(c2)N(C)C(=O)C32CC2)(c2c(F)ccc(Cl)c2Cl)C1. The largest absolute Gasteiger partial charge is 0.373 e. The van der Waals surface area contributed by atoms with Crippen molar-refractivity contribution in [2.45, 2.75) is 37.1 Å². The van der Waals surface area contributed by atoms with Gasteiger partial charge in [-0.25, -0.2) is 8.78 Å². The maximum Gasteiger partial charge on any atom is 0.246 e. The van der Waals surface area contributed by atoms with Gasteiger partial charge in [-0.1, -0.05) is 29.3 Å². The van der Waals surface area contributed by atoms with E-state index in [-0.39, 0.29) is 34.0 Å². The van der Waals surface area contributed by atoms with Crippen LogP contribution in [-0.2, 0) is 20.5 Å². The fourth-order valence-corrected chi connectivity index (χ4v) is 5.88. The van der Waals surface area contributed by atoms with Gasteiger partial charge >= 0.3 is 0 Å².